The number of benzene rings is 2. The second kappa shape index (κ2) is 12.1. The van der Waals surface area contributed by atoms with Gasteiger partial charge >= 0.3 is 5.97 Å². The SMILES string of the molecule is NC(Cc1ccc(O)cc1)C(=O)NCC(=O)NC(Cc1ccccc1)C(=O)NCC(=O)O. The van der Waals surface area contributed by atoms with E-state index in [0.717, 1.165) is 11.1 Å². The Labute approximate surface area is 184 Å². The summed E-state index contributed by atoms with van der Waals surface area (Å²) in [6, 6.07) is 13.2. The van der Waals surface area contributed by atoms with E-state index < -0.39 is 48.9 Å². The molecule has 7 N–H and O–H groups in total. The highest BCUT2D eigenvalue weighted by molar-refractivity contribution is 5.92. The molecule has 0 bridgehead atoms. The van der Waals surface area contributed by atoms with Crippen LogP contribution < -0.4 is 21.7 Å². The Morgan fingerprint density at radius 2 is 1.41 bits per heavy atom. The van der Waals surface area contributed by atoms with Gasteiger partial charge in [0.2, 0.25) is 17.7 Å². The average Bonchev–Trinajstić information content (AvgIpc) is 2.77. The lowest BCUT2D eigenvalue weighted by Gasteiger charge is -2.19. The fourth-order valence-electron chi connectivity index (χ4n) is 2.87. The number of hydrogen-bond acceptors (Lipinski definition) is 6. The molecule has 0 saturated carbocycles. The van der Waals surface area contributed by atoms with Gasteiger partial charge in [-0.25, -0.2) is 0 Å². The molecule has 0 aromatic heterocycles. The zero-order valence-corrected chi connectivity index (χ0v) is 17.3. The van der Waals surface area contributed by atoms with Crippen LogP contribution in [-0.4, -0.2) is 59.1 Å². The highest BCUT2D eigenvalue weighted by Gasteiger charge is 2.22. The first-order valence-corrected chi connectivity index (χ1v) is 9.88. The minimum Gasteiger partial charge on any atom is -0.508 e. The van der Waals surface area contributed by atoms with E-state index in [2.05, 4.69) is 16.0 Å². The van der Waals surface area contributed by atoms with Gasteiger partial charge < -0.3 is 31.9 Å². The number of aromatic hydroxyl groups is 1. The van der Waals surface area contributed by atoms with E-state index in [9.17, 15) is 24.3 Å². The van der Waals surface area contributed by atoms with E-state index in [1.54, 1.807) is 42.5 Å². The van der Waals surface area contributed by atoms with Crippen molar-refractivity contribution in [3.8, 4) is 5.75 Å². The molecular formula is C22H26N4O6. The average molecular weight is 442 g/mol. The fourth-order valence-corrected chi connectivity index (χ4v) is 2.87. The maximum absolute atomic E-state index is 12.3. The third kappa shape index (κ3) is 8.44. The molecule has 0 fully saturated rings. The van der Waals surface area contributed by atoms with E-state index in [-0.39, 0.29) is 18.6 Å². The lowest BCUT2D eigenvalue weighted by Crippen LogP contribution is -2.52. The third-order valence-electron chi connectivity index (χ3n) is 4.50. The molecule has 0 heterocycles. The molecule has 0 aliphatic rings. The molecule has 2 atom stereocenters. The Hall–Kier alpha value is -3.92. The van der Waals surface area contributed by atoms with Gasteiger partial charge in [0.25, 0.3) is 0 Å². The smallest absolute Gasteiger partial charge is 0.322 e. The predicted molar refractivity (Wildman–Crippen MR) is 116 cm³/mol. The molecule has 10 heteroatoms. The lowest BCUT2D eigenvalue weighted by atomic mass is 10.0. The number of carbonyl (C=O) groups is 4. The summed E-state index contributed by atoms with van der Waals surface area (Å²) < 4.78 is 0. The highest BCUT2D eigenvalue weighted by atomic mass is 16.4. The Morgan fingerprint density at radius 3 is 2.03 bits per heavy atom. The van der Waals surface area contributed by atoms with Gasteiger partial charge in [0, 0.05) is 6.42 Å². The van der Waals surface area contributed by atoms with Crippen molar-refractivity contribution in [3.63, 3.8) is 0 Å². The van der Waals surface area contributed by atoms with Gasteiger partial charge in [0.1, 0.15) is 18.3 Å². The number of carboxylic acids is 1. The van der Waals surface area contributed by atoms with Crippen molar-refractivity contribution in [2.24, 2.45) is 5.73 Å². The third-order valence-corrected chi connectivity index (χ3v) is 4.50. The summed E-state index contributed by atoms with van der Waals surface area (Å²) in [6.45, 7) is -0.984. The summed E-state index contributed by atoms with van der Waals surface area (Å²) in [5, 5.41) is 25.2. The second-order valence-corrected chi connectivity index (χ2v) is 7.12. The Morgan fingerprint density at radius 1 is 0.812 bits per heavy atom. The number of phenols is 1. The number of carboxylic acid groups (broad SMARTS) is 1. The van der Waals surface area contributed by atoms with Crippen LogP contribution in [-0.2, 0) is 32.0 Å². The zero-order valence-electron chi connectivity index (χ0n) is 17.3. The van der Waals surface area contributed by atoms with E-state index >= 15 is 0 Å². The van der Waals surface area contributed by atoms with Gasteiger partial charge in [-0.3, -0.25) is 19.2 Å². The van der Waals surface area contributed by atoms with Gasteiger partial charge in [0.05, 0.1) is 12.6 Å². The summed E-state index contributed by atoms with van der Waals surface area (Å²) in [6.07, 6.45) is 0.355. The van der Waals surface area contributed by atoms with Gasteiger partial charge in [-0.2, -0.15) is 0 Å². The van der Waals surface area contributed by atoms with Gasteiger partial charge in [-0.15, -0.1) is 0 Å². The summed E-state index contributed by atoms with van der Waals surface area (Å²) in [5.74, 6) is -2.94. The second-order valence-electron chi connectivity index (χ2n) is 7.12. The molecule has 0 aliphatic carbocycles. The number of hydrogen-bond donors (Lipinski definition) is 6. The van der Waals surface area contributed by atoms with E-state index in [1.165, 1.54) is 12.1 Å². The maximum Gasteiger partial charge on any atom is 0.322 e. The summed E-state index contributed by atoms with van der Waals surface area (Å²) in [7, 11) is 0. The largest absolute Gasteiger partial charge is 0.508 e. The van der Waals surface area contributed by atoms with Crippen LogP contribution in [0.4, 0.5) is 0 Å². The van der Waals surface area contributed by atoms with Crippen molar-refractivity contribution in [3.05, 3.63) is 65.7 Å². The molecular weight excluding hydrogens is 416 g/mol. The molecule has 3 amide bonds. The number of carbonyl (C=O) groups excluding carboxylic acids is 3. The normalized spacial score (nSPS) is 12.3. The van der Waals surface area contributed by atoms with Gasteiger partial charge in [-0.05, 0) is 29.7 Å². The van der Waals surface area contributed by atoms with Crippen molar-refractivity contribution >= 4 is 23.7 Å². The predicted octanol–water partition coefficient (Wildman–Crippen LogP) is -0.693. The number of rotatable bonds is 11. The summed E-state index contributed by atoms with van der Waals surface area (Å²) in [4.78, 5) is 47.6. The Kier molecular flexibility index (Phi) is 9.18. The molecule has 0 spiro atoms. The topological polar surface area (TPSA) is 171 Å². The van der Waals surface area contributed by atoms with Crippen molar-refractivity contribution < 1.29 is 29.4 Å². The van der Waals surface area contributed by atoms with Crippen LogP contribution in [0.25, 0.3) is 0 Å². The highest BCUT2D eigenvalue weighted by Crippen LogP contribution is 2.10. The molecule has 170 valence electrons. The maximum atomic E-state index is 12.3. The lowest BCUT2D eigenvalue weighted by molar-refractivity contribution is -0.138. The summed E-state index contributed by atoms with van der Waals surface area (Å²) in [5.41, 5.74) is 7.38. The Bertz CT molecular complexity index is 933. The van der Waals surface area contributed by atoms with Gasteiger partial charge in [-0.1, -0.05) is 42.5 Å². The van der Waals surface area contributed by atoms with Crippen molar-refractivity contribution in [1.82, 2.24) is 16.0 Å². The molecule has 2 rings (SSSR count). The minimum atomic E-state index is -1.21. The van der Waals surface area contributed by atoms with Crippen molar-refractivity contribution in [1.29, 1.82) is 0 Å². The quantitative estimate of drug-likeness (QED) is 0.267. The molecule has 0 saturated heterocycles. The molecule has 2 aromatic rings. The van der Waals surface area contributed by atoms with Crippen molar-refractivity contribution in [2.75, 3.05) is 13.1 Å². The van der Waals surface area contributed by atoms with Crippen LogP contribution in [0.5, 0.6) is 5.75 Å². The zero-order chi connectivity index (χ0) is 23.5. The van der Waals surface area contributed by atoms with Crippen LogP contribution in [0.15, 0.2) is 54.6 Å². The molecule has 10 nitrogen and oxygen atoms in total. The van der Waals surface area contributed by atoms with E-state index in [4.69, 9.17) is 10.8 Å². The first-order valence-electron chi connectivity index (χ1n) is 9.88. The molecule has 32 heavy (non-hydrogen) atoms. The molecule has 0 aliphatic heterocycles. The van der Waals surface area contributed by atoms with Crippen molar-refractivity contribution in [2.45, 2.75) is 24.9 Å². The number of phenolic OH excluding ortho intramolecular Hbond substituents is 1. The standard InChI is InChI=1S/C22H26N4O6/c23-17(10-15-6-8-16(27)9-7-15)21(31)24-12-19(28)26-18(22(32)25-13-20(29)30)11-14-4-2-1-3-5-14/h1-9,17-18,27H,10-13,23H2,(H,24,31)(H,25,32)(H,26,28)(H,29,30). The molecule has 0 radical (unpaired) electrons. The number of amides is 3. The van der Waals surface area contributed by atoms with Crippen LogP contribution in [0.1, 0.15) is 11.1 Å². The van der Waals surface area contributed by atoms with Crippen LogP contribution in [0.3, 0.4) is 0 Å². The fraction of sp³-hybridized carbons (Fsp3) is 0.273. The molecule has 2 unspecified atom stereocenters. The Balaban J connectivity index is 1.90. The minimum absolute atomic E-state index is 0.0980. The first kappa shape index (κ1) is 24.4. The number of nitrogens with one attached hydrogen (secondary N) is 3. The van der Waals surface area contributed by atoms with Crippen LogP contribution in [0, 0.1) is 0 Å². The monoisotopic (exact) mass is 442 g/mol. The first-order chi connectivity index (χ1) is 15.2. The number of aliphatic carboxylic acids is 1. The summed E-state index contributed by atoms with van der Waals surface area (Å²) >= 11 is 0. The molecule has 2 aromatic carbocycles. The van der Waals surface area contributed by atoms with Crippen LogP contribution in [0.2, 0.25) is 0 Å². The van der Waals surface area contributed by atoms with Crippen LogP contribution >= 0.6 is 0 Å². The van der Waals surface area contributed by atoms with Gasteiger partial charge in [0.15, 0.2) is 0 Å². The van der Waals surface area contributed by atoms with E-state index in [0.29, 0.717) is 0 Å². The number of nitrogens with two attached hydrogens (primary N) is 1. The van der Waals surface area contributed by atoms with E-state index in [1.807, 2.05) is 0 Å².